The van der Waals surface area contributed by atoms with Gasteiger partial charge in [0, 0.05) is 18.8 Å². The predicted molar refractivity (Wildman–Crippen MR) is 97.2 cm³/mol. The van der Waals surface area contributed by atoms with Gasteiger partial charge in [0.05, 0.1) is 11.4 Å². The second-order valence-corrected chi connectivity index (χ2v) is 5.94. The van der Waals surface area contributed by atoms with Crippen molar-refractivity contribution in [2.45, 2.75) is 34.6 Å². The standard InChI is InChI=1S/C18H23N5O/c1-6-22(7-2)14-8-9-15(11(3)10-14)19-16-17(24)12(4)23-13(5)20-21-18(16)23/h8-10,24H,6-7H2,1-5H3. The van der Waals surface area contributed by atoms with E-state index >= 15 is 0 Å². The lowest BCUT2D eigenvalue weighted by atomic mass is 10.1. The summed E-state index contributed by atoms with van der Waals surface area (Å²) in [4.78, 5) is 6.96. The van der Waals surface area contributed by atoms with Gasteiger partial charge < -0.3 is 10.0 Å². The molecule has 2 heterocycles. The van der Waals surface area contributed by atoms with Crippen LogP contribution in [0.3, 0.4) is 0 Å². The van der Waals surface area contributed by atoms with Crippen LogP contribution in [-0.2, 0) is 0 Å². The van der Waals surface area contributed by atoms with Gasteiger partial charge in [-0.05, 0) is 58.4 Å². The molecule has 1 aliphatic rings. The van der Waals surface area contributed by atoms with E-state index in [9.17, 15) is 5.11 Å². The summed E-state index contributed by atoms with van der Waals surface area (Å²) in [7, 11) is 0. The predicted octanol–water partition coefficient (Wildman–Crippen LogP) is 3.62. The van der Waals surface area contributed by atoms with Crippen molar-refractivity contribution in [2.75, 3.05) is 18.0 Å². The third-order valence-corrected chi connectivity index (χ3v) is 4.48. The van der Waals surface area contributed by atoms with E-state index in [1.807, 2.05) is 31.4 Å². The first-order chi connectivity index (χ1) is 11.5. The Morgan fingerprint density at radius 3 is 2.46 bits per heavy atom. The average molecular weight is 325 g/mol. The highest BCUT2D eigenvalue weighted by Crippen LogP contribution is 2.30. The number of allylic oxidation sites excluding steroid dienone is 2. The summed E-state index contributed by atoms with van der Waals surface area (Å²) in [5.74, 6) is 1.50. The van der Waals surface area contributed by atoms with Gasteiger partial charge in [0.15, 0.2) is 17.3 Å². The van der Waals surface area contributed by atoms with Crippen molar-refractivity contribution in [3.05, 3.63) is 41.2 Å². The topological polar surface area (TPSA) is 66.5 Å². The van der Waals surface area contributed by atoms with Crippen LogP contribution >= 0.6 is 0 Å². The first kappa shape index (κ1) is 16.2. The molecule has 6 heteroatoms. The SMILES string of the molecule is CCN(CC)c1ccc(N=C2C(O)=C(C)n3c(C)nnc32)c(C)c1. The number of aromatic nitrogens is 3. The van der Waals surface area contributed by atoms with Crippen molar-refractivity contribution in [3.8, 4) is 0 Å². The van der Waals surface area contributed by atoms with Gasteiger partial charge in [0.25, 0.3) is 0 Å². The molecule has 1 aromatic heterocycles. The second kappa shape index (κ2) is 6.11. The van der Waals surface area contributed by atoms with Crippen LogP contribution in [0.25, 0.3) is 5.70 Å². The van der Waals surface area contributed by atoms with Crippen molar-refractivity contribution >= 4 is 22.8 Å². The van der Waals surface area contributed by atoms with Crippen molar-refractivity contribution in [1.29, 1.82) is 0 Å². The lowest BCUT2D eigenvalue weighted by Gasteiger charge is -2.21. The largest absolute Gasteiger partial charge is 0.504 e. The van der Waals surface area contributed by atoms with E-state index in [1.165, 1.54) is 5.69 Å². The first-order valence-corrected chi connectivity index (χ1v) is 8.25. The van der Waals surface area contributed by atoms with E-state index in [-0.39, 0.29) is 5.76 Å². The van der Waals surface area contributed by atoms with Crippen LogP contribution in [0.2, 0.25) is 0 Å². The summed E-state index contributed by atoms with van der Waals surface area (Å²) >= 11 is 0. The van der Waals surface area contributed by atoms with Crippen LogP contribution < -0.4 is 4.90 Å². The number of fused-ring (bicyclic) bond motifs is 1. The summed E-state index contributed by atoms with van der Waals surface area (Å²) in [6.45, 7) is 12.0. The van der Waals surface area contributed by atoms with Crippen molar-refractivity contribution in [2.24, 2.45) is 4.99 Å². The molecule has 3 rings (SSSR count). The van der Waals surface area contributed by atoms with Crippen molar-refractivity contribution < 1.29 is 5.11 Å². The van der Waals surface area contributed by atoms with Gasteiger partial charge in [0.2, 0.25) is 0 Å². The summed E-state index contributed by atoms with van der Waals surface area (Å²) < 4.78 is 1.83. The number of aliphatic hydroxyl groups excluding tert-OH is 1. The lowest BCUT2D eigenvalue weighted by Crippen LogP contribution is -2.21. The lowest BCUT2D eigenvalue weighted by molar-refractivity contribution is 0.445. The van der Waals surface area contributed by atoms with E-state index in [2.05, 4.69) is 46.1 Å². The Hall–Kier alpha value is -2.63. The third kappa shape index (κ3) is 2.48. The molecule has 0 aliphatic carbocycles. The molecule has 0 spiro atoms. The second-order valence-electron chi connectivity index (χ2n) is 5.94. The van der Waals surface area contributed by atoms with E-state index in [1.54, 1.807) is 0 Å². The highest BCUT2D eigenvalue weighted by molar-refractivity contribution is 6.16. The molecule has 2 aromatic rings. The van der Waals surface area contributed by atoms with E-state index in [4.69, 9.17) is 0 Å². The Kier molecular flexibility index (Phi) is 4.13. The molecule has 0 fully saturated rings. The molecular weight excluding hydrogens is 302 g/mol. The smallest absolute Gasteiger partial charge is 0.191 e. The van der Waals surface area contributed by atoms with Crippen LogP contribution in [0.4, 0.5) is 11.4 Å². The molecule has 0 saturated carbocycles. The number of rotatable bonds is 4. The molecule has 0 bridgehead atoms. The zero-order chi connectivity index (χ0) is 17.4. The van der Waals surface area contributed by atoms with E-state index in [0.717, 1.165) is 30.2 Å². The Morgan fingerprint density at radius 1 is 1.12 bits per heavy atom. The minimum absolute atomic E-state index is 0.162. The van der Waals surface area contributed by atoms with Crippen LogP contribution in [-0.4, -0.2) is 38.7 Å². The molecule has 24 heavy (non-hydrogen) atoms. The number of anilines is 1. The maximum atomic E-state index is 10.4. The summed E-state index contributed by atoms with van der Waals surface area (Å²) in [5, 5.41) is 18.6. The van der Waals surface area contributed by atoms with Gasteiger partial charge in [-0.25, -0.2) is 4.99 Å². The average Bonchev–Trinajstić information content (AvgIpc) is 3.05. The third-order valence-electron chi connectivity index (χ3n) is 4.48. The molecule has 0 amide bonds. The molecule has 1 aliphatic heterocycles. The molecule has 1 N–H and O–H groups in total. The molecule has 0 radical (unpaired) electrons. The van der Waals surface area contributed by atoms with Crippen LogP contribution in [0.5, 0.6) is 0 Å². The minimum atomic E-state index is 0.162. The number of nitrogens with zero attached hydrogens (tertiary/aromatic N) is 5. The van der Waals surface area contributed by atoms with Crippen LogP contribution in [0.15, 0.2) is 29.0 Å². The van der Waals surface area contributed by atoms with E-state index < -0.39 is 0 Å². The van der Waals surface area contributed by atoms with E-state index in [0.29, 0.717) is 17.2 Å². The van der Waals surface area contributed by atoms with Crippen molar-refractivity contribution in [3.63, 3.8) is 0 Å². The van der Waals surface area contributed by atoms with Gasteiger partial charge in [-0.15, -0.1) is 10.2 Å². The van der Waals surface area contributed by atoms with Crippen LogP contribution in [0, 0.1) is 13.8 Å². The Bertz CT molecular complexity index is 843. The maximum Gasteiger partial charge on any atom is 0.191 e. The zero-order valence-electron chi connectivity index (χ0n) is 14.8. The van der Waals surface area contributed by atoms with Crippen molar-refractivity contribution in [1.82, 2.24) is 14.8 Å². The van der Waals surface area contributed by atoms with Gasteiger partial charge in [-0.3, -0.25) is 4.57 Å². The fraction of sp³-hybridized carbons (Fsp3) is 0.389. The summed E-state index contributed by atoms with van der Waals surface area (Å²) in [6.07, 6.45) is 0. The molecule has 0 unspecified atom stereocenters. The normalized spacial score (nSPS) is 15.3. The number of aliphatic hydroxyl groups is 1. The molecule has 0 atom stereocenters. The van der Waals surface area contributed by atoms with Gasteiger partial charge in [-0.2, -0.15) is 0 Å². The number of benzene rings is 1. The minimum Gasteiger partial charge on any atom is -0.504 e. The Morgan fingerprint density at radius 2 is 1.83 bits per heavy atom. The monoisotopic (exact) mass is 325 g/mol. The number of hydrogen-bond acceptors (Lipinski definition) is 5. The summed E-state index contributed by atoms with van der Waals surface area (Å²) in [5.41, 5.74) is 4.26. The summed E-state index contributed by atoms with van der Waals surface area (Å²) in [6, 6.07) is 6.19. The van der Waals surface area contributed by atoms with Gasteiger partial charge >= 0.3 is 0 Å². The molecule has 1 aromatic carbocycles. The number of hydrogen-bond donors (Lipinski definition) is 1. The highest BCUT2D eigenvalue weighted by atomic mass is 16.3. The van der Waals surface area contributed by atoms with Gasteiger partial charge in [0.1, 0.15) is 5.82 Å². The Labute approximate surface area is 142 Å². The maximum absolute atomic E-state index is 10.4. The molecule has 126 valence electrons. The number of aryl methyl sites for hydroxylation is 2. The fourth-order valence-corrected chi connectivity index (χ4v) is 3.07. The molecule has 0 saturated heterocycles. The first-order valence-electron chi connectivity index (χ1n) is 8.25. The van der Waals surface area contributed by atoms with Gasteiger partial charge in [-0.1, -0.05) is 0 Å². The highest BCUT2D eigenvalue weighted by Gasteiger charge is 2.29. The molecule has 6 nitrogen and oxygen atoms in total. The zero-order valence-corrected chi connectivity index (χ0v) is 14.8. The molecular formula is C18H23N5O. The number of aliphatic imine (C=N–C) groups is 1. The van der Waals surface area contributed by atoms with Crippen LogP contribution in [0.1, 0.15) is 38.0 Å². The quantitative estimate of drug-likeness (QED) is 0.932. The Balaban J connectivity index is 2.04. The fourth-order valence-electron chi connectivity index (χ4n) is 3.07.